The zero-order valence-electron chi connectivity index (χ0n) is 22.6. The molecule has 1 fully saturated rings. The molecule has 0 bridgehead atoms. The molecule has 3 aliphatic rings. The standard InChI is InChI=1S/C28H33N3O7/c1-25(2,3)38-24(33)11-22-31-28(16-36-22)18-9-17(10-20(32)19-12-30-23(34-6)13-29-19)7-8-21(18)37-26(4,5)27(28)14-35-15-27/h7-9,12-13H,10-11,14-16H2,1-6H3/t28-/m0/s1. The average Bonchev–Trinajstić information content (AvgIpc) is 3.20. The maximum atomic E-state index is 13.0. The van der Waals surface area contributed by atoms with Crippen LogP contribution in [0.2, 0.25) is 0 Å². The fourth-order valence-corrected chi connectivity index (χ4v) is 5.40. The zero-order chi connectivity index (χ0) is 27.3. The van der Waals surface area contributed by atoms with E-state index in [9.17, 15) is 9.59 Å². The summed E-state index contributed by atoms with van der Waals surface area (Å²) in [7, 11) is 1.49. The minimum Gasteiger partial charge on any atom is -0.487 e. The van der Waals surface area contributed by atoms with Gasteiger partial charge in [-0.05, 0) is 52.3 Å². The largest absolute Gasteiger partial charge is 0.487 e. The highest BCUT2D eigenvalue weighted by atomic mass is 16.6. The summed E-state index contributed by atoms with van der Waals surface area (Å²) in [6, 6.07) is 5.69. The molecule has 1 aromatic heterocycles. The summed E-state index contributed by atoms with van der Waals surface area (Å²) in [5.74, 6) is 0.748. The molecule has 1 aromatic carbocycles. The number of hydrogen-bond acceptors (Lipinski definition) is 10. The van der Waals surface area contributed by atoms with Crippen molar-refractivity contribution < 1.29 is 33.3 Å². The minimum atomic E-state index is -0.849. The van der Waals surface area contributed by atoms with Gasteiger partial charge in [-0.25, -0.2) is 15.0 Å². The van der Waals surface area contributed by atoms with Crippen LogP contribution in [0.5, 0.6) is 11.6 Å². The van der Waals surface area contributed by atoms with Crippen molar-refractivity contribution in [2.24, 2.45) is 10.4 Å². The molecular formula is C28H33N3O7. The van der Waals surface area contributed by atoms with Crippen LogP contribution in [0.15, 0.2) is 35.6 Å². The summed E-state index contributed by atoms with van der Waals surface area (Å²) >= 11 is 0. The monoisotopic (exact) mass is 523 g/mol. The van der Waals surface area contributed by atoms with E-state index in [0.717, 1.165) is 11.1 Å². The van der Waals surface area contributed by atoms with Crippen molar-refractivity contribution in [3.05, 3.63) is 47.4 Å². The van der Waals surface area contributed by atoms with E-state index in [1.807, 2.05) is 52.8 Å². The van der Waals surface area contributed by atoms with Gasteiger partial charge in [-0.3, -0.25) is 9.59 Å². The molecule has 2 aromatic rings. The predicted octanol–water partition coefficient (Wildman–Crippen LogP) is 3.45. The number of carbonyl (C=O) groups is 2. The summed E-state index contributed by atoms with van der Waals surface area (Å²) in [5, 5.41) is 0. The fourth-order valence-electron chi connectivity index (χ4n) is 5.40. The lowest BCUT2D eigenvalue weighted by atomic mass is 9.55. The summed E-state index contributed by atoms with van der Waals surface area (Å²) < 4.78 is 28.8. The van der Waals surface area contributed by atoms with Gasteiger partial charge < -0.3 is 23.7 Å². The molecular weight excluding hydrogens is 490 g/mol. The van der Waals surface area contributed by atoms with Gasteiger partial charge in [0.25, 0.3) is 0 Å². The summed E-state index contributed by atoms with van der Waals surface area (Å²) in [6.07, 6.45) is 2.88. The van der Waals surface area contributed by atoms with Gasteiger partial charge in [0.15, 0.2) is 11.7 Å². The second-order valence-electron chi connectivity index (χ2n) is 11.5. The fraction of sp³-hybridized carbons (Fsp3) is 0.536. The number of carbonyl (C=O) groups excluding carboxylic acids is 2. The summed E-state index contributed by atoms with van der Waals surface area (Å²) in [6.45, 7) is 10.6. The van der Waals surface area contributed by atoms with Crippen molar-refractivity contribution in [3.63, 3.8) is 0 Å². The van der Waals surface area contributed by atoms with Crippen molar-refractivity contribution in [2.45, 2.75) is 64.2 Å². The lowest BCUT2D eigenvalue weighted by Crippen LogP contribution is -2.71. The molecule has 0 N–H and O–H groups in total. The highest BCUT2D eigenvalue weighted by molar-refractivity contribution is 5.96. The van der Waals surface area contributed by atoms with Gasteiger partial charge >= 0.3 is 5.97 Å². The molecule has 10 nitrogen and oxygen atoms in total. The molecule has 38 heavy (non-hydrogen) atoms. The number of nitrogens with zero attached hydrogens (tertiary/aromatic N) is 3. The maximum Gasteiger partial charge on any atom is 0.315 e. The van der Waals surface area contributed by atoms with E-state index in [2.05, 4.69) is 9.97 Å². The van der Waals surface area contributed by atoms with Gasteiger partial charge in [-0.15, -0.1) is 0 Å². The lowest BCUT2D eigenvalue weighted by Gasteiger charge is -2.61. The van der Waals surface area contributed by atoms with Crippen LogP contribution in [-0.2, 0) is 31.0 Å². The third-order valence-electron chi connectivity index (χ3n) is 7.46. The third-order valence-corrected chi connectivity index (χ3v) is 7.46. The number of esters is 1. The van der Waals surface area contributed by atoms with Gasteiger partial charge in [-0.2, -0.15) is 0 Å². The van der Waals surface area contributed by atoms with Crippen LogP contribution < -0.4 is 9.47 Å². The van der Waals surface area contributed by atoms with Gasteiger partial charge in [0, 0.05) is 12.0 Å². The Kier molecular flexibility index (Phi) is 6.21. The van der Waals surface area contributed by atoms with Crippen LogP contribution in [0.25, 0.3) is 0 Å². The van der Waals surface area contributed by atoms with E-state index in [1.54, 1.807) is 0 Å². The molecule has 3 aliphatic heterocycles. The second-order valence-corrected chi connectivity index (χ2v) is 11.5. The maximum absolute atomic E-state index is 13.0. The average molecular weight is 524 g/mol. The van der Waals surface area contributed by atoms with E-state index in [4.69, 9.17) is 28.7 Å². The van der Waals surface area contributed by atoms with Crippen molar-refractivity contribution in [1.82, 2.24) is 9.97 Å². The Labute approximate surface area is 221 Å². The van der Waals surface area contributed by atoms with Crippen molar-refractivity contribution in [2.75, 3.05) is 26.9 Å². The Morgan fingerprint density at radius 1 is 1.05 bits per heavy atom. The number of aromatic nitrogens is 2. The SMILES string of the molecule is COc1cnc(C(=O)Cc2ccc3c(c2)[C@@]2(COC(CC(=O)OC(C)(C)C)=N2)C2(COC2)C(C)(C)O3)cn1. The Morgan fingerprint density at radius 2 is 1.82 bits per heavy atom. The number of benzene rings is 1. The number of aliphatic imine (C=N–C) groups is 1. The molecule has 202 valence electrons. The first-order chi connectivity index (χ1) is 17.9. The molecule has 0 unspecified atom stereocenters. The van der Waals surface area contributed by atoms with Gasteiger partial charge in [0.1, 0.15) is 41.2 Å². The van der Waals surface area contributed by atoms with E-state index >= 15 is 0 Å². The molecule has 0 saturated carbocycles. The Hall–Kier alpha value is -3.53. The molecule has 5 rings (SSSR count). The molecule has 0 aliphatic carbocycles. The third kappa shape index (κ3) is 4.30. The van der Waals surface area contributed by atoms with Gasteiger partial charge in [0.05, 0.1) is 38.1 Å². The number of Topliss-reactive ketones (excluding diaryl/α,β-unsaturated/α-hetero) is 1. The number of rotatable bonds is 6. The first kappa shape index (κ1) is 26.1. The van der Waals surface area contributed by atoms with E-state index in [-0.39, 0.29) is 30.9 Å². The van der Waals surface area contributed by atoms with Crippen LogP contribution in [0.1, 0.15) is 62.7 Å². The number of fused-ring (bicyclic) bond motifs is 3. The van der Waals surface area contributed by atoms with Crippen LogP contribution >= 0.6 is 0 Å². The van der Waals surface area contributed by atoms with E-state index in [1.165, 1.54) is 19.5 Å². The molecule has 0 radical (unpaired) electrons. The Bertz CT molecular complexity index is 1290. The van der Waals surface area contributed by atoms with E-state index < -0.39 is 28.1 Å². The van der Waals surface area contributed by atoms with Crippen LogP contribution in [0.3, 0.4) is 0 Å². The van der Waals surface area contributed by atoms with E-state index in [0.29, 0.717) is 30.7 Å². The van der Waals surface area contributed by atoms with Crippen molar-refractivity contribution >= 4 is 17.7 Å². The molecule has 0 amide bonds. The first-order valence-electron chi connectivity index (χ1n) is 12.6. The number of ketones is 1. The number of ether oxygens (including phenoxy) is 5. The Balaban J connectivity index is 1.50. The molecule has 2 spiro atoms. The smallest absolute Gasteiger partial charge is 0.315 e. The quantitative estimate of drug-likeness (QED) is 0.414. The normalized spacial score (nSPS) is 22.5. The Morgan fingerprint density at radius 3 is 2.42 bits per heavy atom. The molecule has 10 heteroatoms. The predicted molar refractivity (Wildman–Crippen MR) is 137 cm³/mol. The molecule has 4 heterocycles. The summed E-state index contributed by atoms with van der Waals surface area (Å²) in [4.78, 5) is 38.9. The number of methoxy groups -OCH3 is 1. The summed E-state index contributed by atoms with van der Waals surface area (Å²) in [5.41, 5.74) is -0.763. The van der Waals surface area contributed by atoms with Gasteiger partial charge in [-0.1, -0.05) is 6.07 Å². The van der Waals surface area contributed by atoms with Crippen LogP contribution in [0.4, 0.5) is 0 Å². The highest BCUT2D eigenvalue weighted by Crippen LogP contribution is 2.62. The van der Waals surface area contributed by atoms with Gasteiger partial charge in [0.2, 0.25) is 5.88 Å². The highest BCUT2D eigenvalue weighted by Gasteiger charge is 2.71. The minimum absolute atomic E-state index is 0.0686. The zero-order valence-corrected chi connectivity index (χ0v) is 22.6. The molecule has 1 atom stereocenters. The number of hydrogen-bond donors (Lipinski definition) is 0. The topological polar surface area (TPSA) is 118 Å². The first-order valence-corrected chi connectivity index (χ1v) is 12.6. The molecule has 1 saturated heterocycles. The van der Waals surface area contributed by atoms with Crippen molar-refractivity contribution in [3.8, 4) is 11.6 Å². The van der Waals surface area contributed by atoms with Crippen molar-refractivity contribution in [1.29, 1.82) is 0 Å². The van der Waals surface area contributed by atoms with Crippen LogP contribution in [-0.4, -0.2) is 65.8 Å². The van der Waals surface area contributed by atoms with Crippen LogP contribution in [0, 0.1) is 5.41 Å². The lowest BCUT2D eigenvalue weighted by molar-refractivity contribution is -0.247. The second kappa shape index (κ2) is 9.04.